The van der Waals surface area contributed by atoms with E-state index < -0.39 is 0 Å². The smallest absolute Gasteiger partial charge is 0.0653 e. The van der Waals surface area contributed by atoms with Gasteiger partial charge in [0.05, 0.1) is 11.7 Å². The first-order valence-corrected chi connectivity index (χ1v) is 5.95. The van der Waals surface area contributed by atoms with E-state index in [1.165, 1.54) is 5.56 Å². The van der Waals surface area contributed by atoms with Crippen LogP contribution in [0.3, 0.4) is 0 Å². The van der Waals surface area contributed by atoms with Gasteiger partial charge in [-0.15, -0.1) is 0 Å². The van der Waals surface area contributed by atoms with Crippen LogP contribution in [-0.2, 0) is 6.54 Å². The molecule has 0 radical (unpaired) electrons. The summed E-state index contributed by atoms with van der Waals surface area (Å²) in [7, 11) is 4.18. The zero-order chi connectivity index (χ0) is 12.3. The molecule has 4 heteroatoms. The summed E-state index contributed by atoms with van der Waals surface area (Å²) in [6, 6.07) is 6.89. The van der Waals surface area contributed by atoms with E-state index >= 15 is 0 Å². The van der Waals surface area contributed by atoms with Gasteiger partial charge in [0.2, 0.25) is 0 Å². The second kappa shape index (κ2) is 5.29. The van der Waals surface area contributed by atoms with E-state index in [1.807, 2.05) is 6.20 Å². The Morgan fingerprint density at radius 3 is 3.00 bits per heavy atom. The third-order valence-corrected chi connectivity index (χ3v) is 2.80. The summed E-state index contributed by atoms with van der Waals surface area (Å²) in [5.41, 5.74) is 2.39. The third kappa shape index (κ3) is 3.28. The predicted octanol–water partition coefficient (Wildman–Crippen LogP) is 1.60. The van der Waals surface area contributed by atoms with Gasteiger partial charge >= 0.3 is 0 Å². The molecule has 0 saturated carbocycles. The Labute approximate surface area is 102 Å². The average Bonchev–Trinajstić information content (AvgIpc) is 2.72. The van der Waals surface area contributed by atoms with Crippen molar-refractivity contribution >= 4 is 10.9 Å². The predicted molar refractivity (Wildman–Crippen MR) is 70.9 cm³/mol. The van der Waals surface area contributed by atoms with Crippen molar-refractivity contribution in [3.8, 4) is 0 Å². The number of hydrogen-bond acceptors (Lipinski definition) is 3. The van der Waals surface area contributed by atoms with Crippen molar-refractivity contribution in [3.05, 3.63) is 30.0 Å². The van der Waals surface area contributed by atoms with Crippen LogP contribution in [0, 0.1) is 0 Å². The number of nitrogens with one attached hydrogen (secondary N) is 2. The number of fused-ring (bicyclic) bond motifs is 1. The van der Waals surface area contributed by atoms with Crippen LogP contribution in [0.15, 0.2) is 24.4 Å². The van der Waals surface area contributed by atoms with Crippen molar-refractivity contribution in [1.82, 2.24) is 20.4 Å². The zero-order valence-electron chi connectivity index (χ0n) is 10.7. The number of nitrogens with zero attached hydrogens (tertiary/aromatic N) is 2. The molecule has 17 heavy (non-hydrogen) atoms. The summed E-state index contributed by atoms with van der Waals surface area (Å²) in [4.78, 5) is 2.19. The molecule has 1 aromatic heterocycles. The van der Waals surface area contributed by atoms with E-state index in [-0.39, 0.29) is 0 Å². The Morgan fingerprint density at radius 2 is 2.24 bits per heavy atom. The number of likely N-dealkylation sites (N-methyl/N-ethyl adjacent to an activating group) is 1. The molecule has 1 unspecified atom stereocenters. The highest BCUT2D eigenvalue weighted by Crippen LogP contribution is 2.12. The molecule has 0 aliphatic heterocycles. The highest BCUT2D eigenvalue weighted by atomic mass is 15.1. The molecular formula is C13H20N4. The number of aromatic amines is 1. The molecule has 2 aromatic rings. The van der Waals surface area contributed by atoms with E-state index in [9.17, 15) is 0 Å². The molecule has 0 fully saturated rings. The second-order valence-electron chi connectivity index (χ2n) is 4.84. The van der Waals surface area contributed by atoms with Gasteiger partial charge in [-0.2, -0.15) is 5.10 Å². The molecule has 2 rings (SSSR count). The van der Waals surface area contributed by atoms with Crippen LogP contribution >= 0.6 is 0 Å². The topological polar surface area (TPSA) is 44.0 Å². The standard InChI is InChI=1S/C13H20N4/c1-10(9-17(2)3)14-7-11-4-5-12-8-15-16-13(12)6-11/h4-6,8,10,14H,7,9H2,1-3H3,(H,15,16). The maximum Gasteiger partial charge on any atom is 0.0653 e. The van der Waals surface area contributed by atoms with Crippen molar-refractivity contribution in [2.75, 3.05) is 20.6 Å². The van der Waals surface area contributed by atoms with Gasteiger partial charge in [-0.1, -0.05) is 12.1 Å². The maximum atomic E-state index is 4.02. The Balaban J connectivity index is 1.94. The van der Waals surface area contributed by atoms with Crippen LogP contribution in [0.2, 0.25) is 0 Å². The van der Waals surface area contributed by atoms with E-state index in [4.69, 9.17) is 0 Å². The first kappa shape index (κ1) is 12.1. The summed E-state index contributed by atoms with van der Waals surface area (Å²) in [5.74, 6) is 0. The lowest BCUT2D eigenvalue weighted by Crippen LogP contribution is -2.35. The molecule has 4 nitrogen and oxygen atoms in total. The molecule has 2 N–H and O–H groups in total. The number of rotatable bonds is 5. The van der Waals surface area contributed by atoms with Crippen molar-refractivity contribution in [2.24, 2.45) is 0 Å². The minimum atomic E-state index is 0.488. The fraction of sp³-hybridized carbons (Fsp3) is 0.462. The molecule has 0 aliphatic carbocycles. The lowest BCUT2D eigenvalue weighted by molar-refractivity contribution is 0.349. The Morgan fingerprint density at radius 1 is 1.41 bits per heavy atom. The summed E-state index contributed by atoms with van der Waals surface area (Å²) < 4.78 is 0. The summed E-state index contributed by atoms with van der Waals surface area (Å²) in [6.07, 6.45) is 1.85. The van der Waals surface area contributed by atoms with Gasteiger partial charge in [-0.05, 0) is 32.6 Å². The fourth-order valence-electron chi connectivity index (χ4n) is 2.00. The van der Waals surface area contributed by atoms with Gasteiger partial charge in [0.15, 0.2) is 0 Å². The van der Waals surface area contributed by atoms with Crippen LogP contribution in [-0.4, -0.2) is 41.8 Å². The Hall–Kier alpha value is -1.39. The van der Waals surface area contributed by atoms with Crippen molar-refractivity contribution in [2.45, 2.75) is 19.5 Å². The van der Waals surface area contributed by atoms with Gasteiger partial charge in [0.25, 0.3) is 0 Å². The van der Waals surface area contributed by atoms with Gasteiger partial charge in [-0.25, -0.2) is 0 Å². The van der Waals surface area contributed by atoms with E-state index in [1.54, 1.807) is 0 Å². The largest absolute Gasteiger partial charge is 0.309 e. The normalized spacial score (nSPS) is 13.4. The van der Waals surface area contributed by atoms with Crippen molar-refractivity contribution in [3.63, 3.8) is 0 Å². The lowest BCUT2D eigenvalue weighted by Gasteiger charge is -2.18. The summed E-state index contributed by atoms with van der Waals surface area (Å²) >= 11 is 0. The van der Waals surface area contributed by atoms with Gasteiger partial charge in [0, 0.05) is 24.5 Å². The molecule has 1 atom stereocenters. The molecule has 92 valence electrons. The van der Waals surface area contributed by atoms with Gasteiger partial charge in [-0.3, -0.25) is 5.10 Å². The number of aromatic nitrogens is 2. The third-order valence-electron chi connectivity index (χ3n) is 2.80. The van der Waals surface area contributed by atoms with Crippen LogP contribution in [0.25, 0.3) is 10.9 Å². The van der Waals surface area contributed by atoms with Crippen LogP contribution in [0.4, 0.5) is 0 Å². The van der Waals surface area contributed by atoms with E-state index in [0.29, 0.717) is 6.04 Å². The Kier molecular flexibility index (Phi) is 3.76. The molecule has 1 aromatic carbocycles. The van der Waals surface area contributed by atoms with E-state index in [2.05, 4.69) is 59.6 Å². The molecule has 0 amide bonds. The summed E-state index contributed by atoms with van der Waals surface area (Å²) in [6.45, 7) is 4.14. The average molecular weight is 232 g/mol. The fourth-order valence-corrected chi connectivity index (χ4v) is 2.00. The number of hydrogen-bond donors (Lipinski definition) is 2. The van der Waals surface area contributed by atoms with Gasteiger partial charge < -0.3 is 10.2 Å². The van der Waals surface area contributed by atoms with Crippen molar-refractivity contribution in [1.29, 1.82) is 0 Å². The second-order valence-corrected chi connectivity index (χ2v) is 4.84. The first-order chi connectivity index (χ1) is 8.15. The van der Waals surface area contributed by atoms with Crippen LogP contribution in [0.1, 0.15) is 12.5 Å². The molecule has 0 spiro atoms. The number of H-pyrrole nitrogens is 1. The number of benzene rings is 1. The molecule has 0 bridgehead atoms. The quantitative estimate of drug-likeness (QED) is 0.823. The van der Waals surface area contributed by atoms with E-state index in [0.717, 1.165) is 24.0 Å². The van der Waals surface area contributed by atoms with Crippen LogP contribution < -0.4 is 5.32 Å². The highest BCUT2D eigenvalue weighted by molar-refractivity contribution is 5.78. The molecular weight excluding hydrogens is 212 g/mol. The van der Waals surface area contributed by atoms with Crippen LogP contribution in [0.5, 0.6) is 0 Å². The minimum absolute atomic E-state index is 0.488. The molecule has 0 saturated heterocycles. The first-order valence-electron chi connectivity index (χ1n) is 5.95. The molecule has 0 aliphatic rings. The highest BCUT2D eigenvalue weighted by Gasteiger charge is 2.03. The lowest BCUT2D eigenvalue weighted by atomic mass is 10.1. The zero-order valence-corrected chi connectivity index (χ0v) is 10.7. The minimum Gasteiger partial charge on any atom is -0.309 e. The van der Waals surface area contributed by atoms with Crippen molar-refractivity contribution < 1.29 is 0 Å². The molecule has 1 heterocycles. The monoisotopic (exact) mass is 232 g/mol. The SMILES string of the molecule is CC(CN(C)C)NCc1ccc2cn[nH]c2c1. The van der Waals surface area contributed by atoms with Gasteiger partial charge in [0.1, 0.15) is 0 Å². The maximum absolute atomic E-state index is 4.02. The summed E-state index contributed by atoms with van der Waals surface area (Å²) in [5, 5.41) is 11.7. The Bertz CT molecular complexity index is 475.